The molecule has 6 nitrogen and oxygen atoms in total. The molecule has 1 unspecified atom stereocenters. The summed E-state index contributed by atoms with van der Waals surface area (Å²) < 4.78 is 0. The Morgan fingerprint density at radius 2 is 2.35 bits per heavy atom. The average Bonchev–Trinajstić information content (AvgIpc) is 2.74. The smallest absolute Gasteiger partial charge is 0.311 e. The summed E-state index contributed by atoms with van der Waals surface area (Å²) in [5.74, 6) is -0.171. The van der Waals surface area contributed by atoms with E-state index in [1.165, 1.54) is 12.4 Å². The first-order valence-corrected chi connectivity index (χ1v) is 5.26. The maximum absolute atomic E-state index is 11.1. The minimum Gasteiger partial charge on any atom is -0.481 e. The number of hydrogen-bond donors (Lipinski definition) is 1. The molecule has 0 spiro atoms. The molecule has 0 amide bonds. The van der Waals surface area contributed by atoms with Crippen molar-refractivity contribution in [2.24, 2.45) is 5.41 Å². The fourth-order valence-electron chi connectivity index (χ4n) is 1.87. The van der Waals surface area contributed by atoms with E-state index in [9.17, 15) is 4.79 Å². The van der Waals surface area contributed by atoms with E-state index in [0.717, 1.165) is 0 Å². The fourth-order valence-corrected chi connectivity index (χ4v) is 1.87. The molecular weight excluding hydrogens is 220 g/mol. The first kappa shape index (κ1) is 11.3. The molecule has 6 heteroatoms. The van der Waals surface area contributed by atoms with Crippen LogP contribution >= 0.6 is 0 Å². The van der Waals surface area contributed by atoms with E-state index < -0.39 is 11.4 Å². The van der Waals surface area contributed by atoms with Crippen molar-refractivity contribution in [3.05, 3.63) is 18.1 Å². The zero-order valence-corrected chi connectivity index (χ0v) is 9.42. The van der Waals surface area contributed by atoms with Crippen molar-refractivity contribution in [2.45, 2.75) is 13.3 Å². The molecule has 17 heavy (non-hydrogen) atoms. The van der Waals surface area contributed by atoms with Gasteiger partial charge in [-0.25, -0.2) is 9.97 Å². The molecule has 1 N–H and O–H groups in total. The topological polar surface area (TPSA) is 90.1 Å². The zero-order valence-electron chi connectivity index (χ0n) is 9.42. The highest BCUT2D eigenvalue weighted by molar-refractivity contribution is 5.76. The van der Waals surface area contributed by atoms with Gasteiger partial charge in [0.1, 0.15) is 11.9 Å². The molecule has 1 aromatic rings. The summed E-state index contributed by atoms with van der Waals surface area (Å²) in [4.78, 5) is 21.0. The molecule has 1 saturated heterocycles. The van der Waals surface area contributed by atoms with Crippen LogP contribution in [0.5, 0.6) is 0 Å². The maximum atomic E-state index is 11.1. The molecule has 0 saturated carbocycles. The number of carbonyl (C=O) groups is 1. The lowest BCUT2D eigenvalue weighted by atomic mass is 9.90. The number of aliphatic carboxylic acids is 1. The monoisotopic (exact) mass is 232 g/mol. The molecule has 1 fully saturated rings. The van der Waals surface area contributed by atoms with E-state index in [1.807, 2.05) is 11.0 Å². The number of nitriles is 1. The van der Waals surface area contributed by atoms with Gasteiger partial charge in [-0.3, -0.25) is 4.79 Å². The van der Waals surface area contributed by atoms with Crippen LogP contribution in [0.2, 0.25) is 0 Å². The highest BCUT2D eigenvalue weighted by Crippen LogP contribution is 2.32. The summed E-state index contributed by atoms with van der Waals surface area (Å²) >= 11 is 0. The summed E-state index contributed by atoms with van der Waals surface area (Å²) in [6.07, 6.45) is 3.49. The van der Waals surface area contributed by atoms with E-state index in [4.69, 9.17) is 10.4 Å². The van der Waals surface area contributed by atoms with Crippen molar-refractivity contribution < 1.29 is 9.90 Å². The molecule has 2 heterocycles. The van der Waals surface area contributed by atoms with E-state index >= 15 is 0 Å². The lowest BCUT2D eigenvalue weighted by molar-refractivity contribution is -0.146. The second-order valence-corrected chi connectivity index (χ2v) is 4.41. The average molecular weight is 232 g/mol. The van der Waals surface area contributed by atoms with E-state index in [2.05, 4.69) is 9.97 Å². The first-order chi connectivity index (χ1) is 8.05. The summed E-state index contributed by atoms with van der Waals surface area (Å²) in [6.45, 7) is 2.79. The fraction of sp³-hybridized carbons (Fsp3) is 0.455. The standard InChI is InChI=1S/C11H12N4O2/c1-11(10(16)17)2-3-15(7-11)9-6-13-8(4-12)5-14-9/h5-6H,2-3,7H2,1H3,(H,16,17). The van der Waals surface area contributed by atoms with Crippen molar-refractivity contribution in [3.8, 4) is 6.07 Å². The van der Waals surface area contributed by atoms with Gasteiger partial charge in [0.15, 0.2) is 5.69 Å². The lowest BCUT2D eigenvalue weighted by Gasteiger charge is -2.20. The largest absolute Gasteiger partial charge is 0.481 e. The molecule has 2 rings (SSSR count). The Labute approximate surface area is 98.5 Å². The third-order valence-corrected chi connectivity index (χ3v) is 3.07. The summed E-state index contributed by atoms with van der Waals surface area (Å²) in [7, 11) is 0. The van der Waals surface area contributed by atoms with Crippen molar-refractivity contribution >= 4 is 11.8 Å². The molecule has 1 aromatic heterocycles. The Morgan fingerprint density at radius 3 is 2.82 bits per heavy atom. The zero-order chi connectivity index (χ0) is 12.5. The number of carboxylic acids is 1. The predicted molar refractivity (Wildman–Crippen MR) is 59.3 cm³/mol. The number of nitrogens with zero attached hydrogens (tertiary/aromatic N) is 4. The van der Waals surface area contributed by atoms with Crippen LogP contribution in [0.3, 0.4) is 0 Å². The normalized spacial score (nSPS) is 23.4. The van der Waals surface area contributed by atoms with Crippen LogP contribution in [0.15, 0.2) is 12.4 Å². The van der Waals surface area contributed by atoms with Gasteiger partial charge in [0, 0.05) is 13.1 Å². The minimum absolute atomic E-state index is 0.258. The molecule has 1 aliphatic heterocycles. The number of anilines is 1. The lowest BCUT2D eigenvalue weighted by Crippen LogP contribution is -2.32. The third kappa shape index (κ3) is 2.04. The summed E-state index contributed by atoms with van der Waals surface area (Å²) in [5.41, 5.74) is -0.468. The van der Waals surface area contributed by atoms with Crippen LogP contribution in [0.1, 0.15) is 19.0 Å². The SMILES string of the molecule is CC1(C(=O)O)CCN(c2cnc(C#N)cn2)C1. The third-order valence-electron chi connectivity index (χ3n) is 3.07. The van der Waals surface area contributed by atoms with Crippen LogP contribution < -0.4 is 4.90 Å². The van der Waals surface area contributed by atoms with Crippen LogP contribution in [0.4, 0.5) is 5.82 Å². The quantitative estimate of drug-likeness (QED) is 0.805. The number of carboxylic acid groups (broad SMARTS) is 1. The van der Waals surface area contributed by atoms with Gasteiger partial charge in [-0.05, 0) is 13.3 Å². The van der Waals surface area contributed by atoms with Crippen LogP contribution in [0, 0.1) is 16.7 Å². The van der Waals surface area contributed by atoms with Crippen molar-refractivity contribution in [1.29, 1.82) is 5.26 Å². The molecular formula is C11H12N4O2. The van der Waals surface area contributed by atoms with Crippen molar-refractivity contribution in [3.63, 3.8) is 0 Å². The van der Waals surface area contributed by atoms with Gasteiger partial charge in [-0.1, -0.05) is 0 Å². The van der Waals surface area contributed by atoms with Crippen LogP contribution in [-0.4, -0.2) is 34.1 Å². The first-order valence-electron chi connectivity index (χ1n) is 5.26. The van der Waals surface area contributed by atoms with E-state index in [1.54, 1.807) is 6.92 Å². The highest BCUT2D eigenvalue weighted by Gasteiger charge is 2.40. The van der Waals surface area contributed by atoms with E-state index in [0.29, 0.717) is 25.3 Å². The van der Waals surface area contributed by atoms with Gasteiger partial charge in [0.25, 0.3) is 0 Å². The Balaban J connectivity index is 2.15. The van der Waals surface area contributed by atoms with Crippen LogP contribution in [0.25, 0.3) is 0 Å². The number of aromatic nitrogens is 2. The van der Waals surface area contributed by atoms with Gasteiger partial charge in [0.05, 0.1) is 17.8 Å². The van der Waals surface area contributed by atoms with Gasteiger partial charge in [-0.15, -0.1) is 0 Å². The Morgan fingerprint density at radius 1 is 1.59 bits per heavy atom. The molecule has 1 atom stereocenters. The molecule has 0 aliphatic carbocycles. The Hall–Kier alpha value is -2.16. The molecule has 1 aliphatic rings. The maximum Gasteiger partial charge on any atom is 0.311 e. The number of hydrogen-bond acceptors (Lipinski definition) is 5. The molecule has 0 aromatic carbocycles. The molecule has 0 bridgehead atoms. The predicted octanol–water partition coefficient (Wildman–Crippen LogP) is 0.649. The van der Waals surface area contributed by atoms with Gasteiger partial charge in [0.2, 0.25) is 0 Å². The summed E-state index contributed by atoms with van der Waals surface area (Å²) in [5, 5.41) is 17.7. The molecule has 0 radical (unpaired) electrons. The summed E-state index contributed by atoms with van der Waals surface area (Å²) in [6, 6.07) is 1.89. The van der Waals surface area contributed by atoms with E-state index in [-0.39, 0.29) is 5.69 Å². The van der Waals surface area contributed by atoms with Crippen LogP contribution in [-0.2, 0) is 4.79 Å². The van der Waals surface area contributed by atoms with Crippen molar-refractivity contribution in [2.75, 3.05) is 18.0 Å². The highest BCUT2D eigenvalue weighted by atomic mass is 16.4. The second-order valence-electron chi connectivity index (χ2n) is 4.41. The van der Waals surface area contributed by atoms with Gasteiger partial charge < -0.3 is 10.0 Å². The molecule has 88 valence electrons. The van der Waals surface area contributed by atoms with Crippen molar-refractivity contribution in [1.82, 2.24) is 9.97 Å². The minimum atomic E-state index is -0.790. The van der Waals surface area contributed by atoms with Gasteiger partial charge >= 0.3 is 5.97 Å². The number of rotatable bonds is 2. The Bertz CT molecular complexity index is 479. The van der Waals surface area contributed by atoms with Gasteiger partial charge in [-0.2, -0.15) is 5.26 Å². The second kappa shape index (κ2) is 4.01. The Kier molecular flexibility index (Phi) is 2.68.